The molecule has 1 nitrogen and oxygen atoms in total. The average Bonchev–Trinajstić information content (AvgIpc) is 2.78. The van der Waals surface area contributed by atoms with Gasteiger partial charge >= 0.3 is 0 Å². The van der Waals surface area contributed by atoms with E-state index in [0.29, 0.717) is 11.8 Å². The van der Waals surface area contributed by atoms with Gasteiger partial charge in [0.1, 0.15) is 0 Å². The van der Waals surface area contributed by atoms with Gasteiger partial charge in [0.25, 0.3) is 0 Å². The zero-order chi connectivity index (χ0) is 16.6. The summed E-state index contributed by atoms with van der Waals surface area (Å²) in [4.78, 5) is 0. The standard InChI is InChI=1S/C22H29N/c1-14-15(2)17(4)21(16(14)3)19-12-8-9-13-20(19)22(23)18-10-6-5-7-11-18/h8-9,12-13,18,21,23H,5-7,10-11H2,1-4H3. The molecule has 0 aromatic heterocycles. The molecule has 1 saturated carbocycles. The Morgan fingerprint density at radius 3 is 2.04 bits per heavy atom. The maximum absolute atomic E-state index is 8.83. The molecule has 122 valence electrons. The molecule has 0 spiro atoms. The number of benzene rings is 1. The molecular formula is C22H29N. The van der Waals surface area contributed by atoms with E-state index < -0.39 is 0 Å². The predicted molar refractivity (Wildman–Crippen MR) is 99.3 cm³/mol. The van der Waals surface area contributed by atoms with Crippen LogP contribution in [0.2, 0.25) is 0 Å². The van der Waals surface area contributed by atoms with Crippen LogP contribution in [0.4, 0.5) is 0 Å². The molecule has 2 aliphatic rings. The fraction of sp³-hybridized carbons (Fsp3) is 0.500. The quantitative estimate of drug-likeness (QED) is 0.624. The van der Waals surface area contributed by atoms with Crippen LogP contribution in [0.15, 0.2) is 46.6 Å². The summed E-state index contributed by atoms with van der Waals surface area (Å²) >= 11 is 0. The molecule has 1 aromatic carbocycles. The summed E-state index contributed by atoms with van der Waals surface area (Å²) < 4.78 is 0. The van der Waals surface area contributed by atoms with Crippen LogP contribution in [-0.4, -0.2) is 5.71 Å². The van der Waals surface area contributed by atoms with Gasteiger partial charge in [-0.3, -0.25) is 0 Å². The Labute approximate surface area is 141 Å². The van der Waals surface area contributed by atoms with Crippen LogP contribution in [0.3, 0.4) is 0 Å². The van der Waals surface area contributed by atoms with E-state index in [9.17, 15) is 0 Å². The van der Waals surface area contributed by atoms with E-state index in [1.807, 2.05) is 0 Å². The predicted octanol–water partition coefficient (Wildman–Crippen LogP) is 6.40. The highest BCUT2D eigenvalue weighted by Crippen LogP contribution is 2.44. The van der Waals surface area contributed by atoms with E-state index in [2.05, 4.69) is 52.0 Å². The molecule has 1 N–H and O–H groups in total. The molecule has 0 radical (unpaired) electrons. The van der Waals surface area contributed by atoms with E-state index in [0.717, 1.165) is 5.71 Å². The first-order valence-corrected chi connectivity index (χ1v) is 9.05. The van der Waals surface area contributed by atoms with E-state index in [4.69, 9.17) is 5.41 Å². The van der Waals surface area contributed by atoms with Crippen molar-refractivity contribution in [1.29, 1.82) is 5.41 Å². The second-order valence-corrected chi connectivity index (χ2v) is 7.38. The van der Waals surface area contributed by atoms with Crippen molar-refractivity contribution in [2.24, 2.45) is 5.92 Å². The Hall–Kier alpha value is -1.63. The summed E-state index contributed by atoms with van der Waals surface area (Å²) in [6.07, 6.45) is 6.30. The van der Waals surface area contributed by atoms with Crippen LogP contribution in [-0.2, 0) is 0 Å². The number of nitrogens with one attached hydrogen (secondary N) is 1. The van der Waals surface area contributed by atoms with Crippen molar-refractivity contribution in [1.82, 2.24) is 0 Å². The molecule has 3 rings (SSSR count). The molecule has 0 aliphatic heterocycles. The van der Waals surface area contributed by atoms with Gasteiger partial charge in [0.05, 0.1) is 0 Å². The summed E-state index contributed by atoms with van der Waals surface area (Å²) in [5.41, 5.74) is 9.20. The molecule has 0 saturated heterocycles. The minimum Gasteiger partial charge on any atom is -0.304 e. The Morgan fingerprint density at radius 1 is 0.870 bits per heavy atom. The Kier molecular flexibility index (Phi) is 4.57. The normalized spacial score (nSPS) is 20.5. The van der Waals surface area contributed by atoms with Gasteiger partial charge in [-0.05, 0) is 62.8 Å². The lowest BCUT2D eigenvalue weighted by atomic mass is 9.78. The lowest BCUT2D eigenvalue weighted by Crippen LogP contribution is -2.20. The highest BCUT2D eigenvalue weighted by Gasteiger charge is 2.29. The van der Waals surface area contributed by atoms with Crippen LogP contribution in [0.5, 0.6) is 0 Å². The summed E-state index contributed by atoms with van der Waals surface area (Å²) in [6.45, 7) is 9.01. The van der Waals surface area contributed by atoms with Gasteiger partial charge in [0, 0.05) is 17.5 Å². The molecule has 0 unspecified atom stereocenters. The van der Waals surface area contributed by atoms with Crippen molar-refractivity contribution in [3.05, 3.63) is 57.7 Å². The largest absolute Gasteiger partial charge is 0.304 e. The van der Waals surface area contributed by atoms with Crippen molar-refractivity contribution in [2.45, 2.75) is 65.7 Å². The van der Waals surface area contributed by atoms with Gasteiger partial charge in [0.2, 0.25) is 0 Å². The first kappa shape index (κ1) is 16.2. The van der Waals surface area contributed by atoms with Crippen molar-refractivity contribution >= 4 is 5.71 Å². The molecule has 1 fully saturated rings. The topological polar surface area (TPSA) is 23.9 Å². The minimum atomic E-state index is 0.371. The number of allylic oxidation sites excluding steroid dienone is 4. The molecule has 0 atom stereocenters. The first-order chi connectivity index (χ1) is 11.0. The third kappa shape index (κ3) is 2.82. The third-order valence-electron chi connectivity index (χ3n) is 6.19. The molecule has 0 heterocycles. The summed E-state index contributed by atoms with van der Waals surface area (Å²) in [7, 11) is 0. The molecule has 0 bridgehead atoms. The number of hydrogen-bond donors (Lipinski definition) is 1. The highest BCUT2D eigenvalue weighted by atomic mass is 14.5. The second-order valence-electron chi connectivity index (χ2n) is 7.38. The number of rotatable bonds is 3. The zero-order valence-corrected chi connectivity index (χ0v) is 15.0. The minimum absolute atomic E-state index is 0.371. The van der Waals surface area contributed by atoms with E-state index in [1.165, 1.54) is 65.5 Å². The van der Waals surface area contributed by atoms with Gasteiger partial charge < -0.3 is 5.41 Å². The lowest BCUT2D eigenvalue weighted by molar-refractivity contribution is 0.438. The molecule has 1 aromatic rings. The second kappa shape index (κ2) is 6.47. The van der Waals surface area contributed by atoms with Crippen LogP contribution in [0, 0.1) is 11.3 Å². The first-order valence-electron chi connectivity index (χ1n) is 9.05. The fourth-order valence-corrected chi connectivity index (χ4v) is 4.42. The monoisotopic (exact) mass is 307 g/mol. The van der Waals surface area contributed by atoms with Gasteiger partial charge in [-0.15, -0.1) is 0 Å². The van der Waals surface area contributed by atoms with Crippen molar-refractivity contribution in [3.63, 3.8) is 0 Å². The third-order valence-corrected chi connectivity index (χ3v) is 6.19. The smallest absolute Gasteiger partial charge is 0.0420 e. The zero-order valence-electron chi connectivity index (χ0n) is 15.0. The molecule has 2 aliphatic carbocycles. The highest BCUT2D eigenvalue weighted by molar-refractivity contribution is 6.01. The lowest BCUT2D eigenvalue weighted by Gasteiger charge is -2.26. The summed E-state index contributed by atoms with van der Waals surface area (Å²) in [6, 6.07) is 8.66. The molecular weight excluding hydrogens is 278 g/mol. The van der Waals surface area contributed by atoms with Gasteiger partial charge in [-0.2, -0.15) is 0 Å². The summed E-state index contributed by atoms with van der Waals surface area (Å²) in [5, 5.41) is 8.83. The van der Waals surface area contributed by atoms with E-state index >= 15 is 0 Å². The van der Waals surface area contributed by atoms with Crippen LogP contribution in [0.25, 0.3) is 0 Å². The van der Waals surface area contributed by atoms with Gasteiger partial charge in [0.15, 0.2) is 0 Å². The van der Waals surface area contributed by atoms with Gasteiger partial charge in [-0.1, -0.05) is 54.7 Å². The van der Waals surface area contributed by atoms with Crippen molar-refractivity contribution in [2.75, 3.05) is 0 Å². The summed E-state index contributed by atoms with van der Waals surface area (Å²) in [5.74, 6) is 0.831. The molecule has 1 heteroatoms. The number of hydrogen-bond acceptors (Lipinski definition) is 1. The van der Waals surface area contributed by atoms with Crippen LogP contribution < -0.4 is 0 Å². The fourth-order valence-electron chi connectivity index (χ4n) is 4.42. The van der Waals surface area contributed by atoms with E-state index in [-0.39, 0.29) is 0 Å². The van der Waals surface area contributed by atoms with Crippen LogP contribution in [0.1, 0.15) is 76.8 Å². The van der Waals surface area contributed by atoms with E-state index in [1.54, 1.807) is 0 Å². The SMILES string of the molecule is CC1=C(C)C(c2ccccc2C(=N)C2CCCCC2)C(C)=C1C. The Balaban J connectivity index is 2.01. The molecule has 23 heavy (non-hydrogen) atoms. The maximum atomic E-state index is 8.83. The Morgan fingerprint density at radius 2 is 1.43 bits per heavy atom. The Bertz CT molecular complexity index is 660. The maximum Gasteiger partial charge on any atom is 0.0420 e. The van der Waals surface area contributed by atoms with Gasteiger partial charge in [-0.25, -0.2) is 0 Å². The van der Waals surface area contributed by atoms with Crippen molar-refractivity contribution in [3.8, 4) is 0 Å². The average molecular weight is 307 g/mol. The van der Waals surface area contributed by atoms with Crippen molar-refractivity contribution < 1.29 is 0 Å². The van der Waals surface area contributed by atoms with Crippen LogP contribution >= 0.6 is 0 Å². The molecule has 0 amide bonds.